The van der Waals surface area contributed by atoms with Crippen LogP contribution in [0.3, 0.4) is 0 Å². The molecule has 0 bridgehead atoms. The fourth-order valence-electron chi connectivity index (χ4n) is 2.55. The molecular weight excluding hydrogens is 150 g/mol. The molecule has 0 radical (unpaired) electrons. The zero-order chi connectivity index (χ0) is 8.55. The van der Waals surface area contributed by atoms with Crippen molar-refractivity contribution >= 4 is 5.78 Å². The highest BCUT2D eigenvalue weighted by Gasteiger charge is 2.35. The van der Waals surface area contributed by atoms with E-state index in [1.165, 1.54) is 25.9 Å². The lowest BCUT2D eigenvalue weighted by Gasteiger charge is -2.25. The number of Topliss-reactive ketones (excluding diaryl/α,β-unsaturated/α-hetero) is 1. The van der Waals surface area contributed by atoms with Gasteiger partial charge in [-0.1, -0.05) is 6.92 Å². The highest BCUT2D eigenvalue weighted by atomic mass is 16.1. The largest absolute Gasteiger partial charge is 0.300 e. The SMILES string of the molecule is CC1C(=O)CCC1N1CCCC1. The van der Waals surface area contributed by atoms with Gasteiger partial charge in [0.15, 0.2) is 0 Å². The molecule has 1 aliphatic heterocycles. The second-order valence-electron chi connectivity index (χ2n) is 4.10. The van der Waals surface area contributed by atoms with Crippen LogP contribution in [0.25, 0.3) is 0 Å². The lowest BCUT2D eigenvalue weighted by molar-refractivity contribution is -0.120. The number of nitrogens with zero attached hydrogens (tertiary/aromatic N) is 1. The lowest BCUT2D eigenvalue weighted by atomic mass is 10.0. The molecule has 0 aromatic carbocycles. The van der Waals surface area contributed by atoms with Crippen LogP contribution in [-0.2, 0) is 4.79 Å². The third kappa shape index (κ3) is 1.28. The summed E-state index contributed by atoms with van der Waals surface area (Å²) >= 11 is 0. The van der Waals surface area contributed by atoms with E-state index in [1.54, 1.807) is 0 Å². The van der Waals surface area contributed by atoms with Gasteiger partial charge in [0.25, 0.3) is 0 Å². The van der Waals surface area contributed by atoms with E-state index < -0.39 is 0 Å². The molecule has 2 aliphatic rings. The molecule has 2 unspecified atom stereocenters. The minimum absolute atomic E-state index is 0.308. The number of rotatable bonds is 1. The van der Waals surface area contributed by atoms with Crippen molar-refractivity contribution < 1.29 is 4.79 Å². The smallest absolute Gasteiger partial charge is 0.137 e. The van der Waals surface area contributed by atoms with E-state index in [1.807, 2.05) is 0 Å². The molecule has 1 saturated heterocycles. The fraction of sp³-hybridized carbons (Fsp3) is 0.900. The maximum absolute atomic E-state index is 11.3. The molecule has 0 aromatic heterocycles. The Morgan fingerprint density at radius 2 is 2.00 bits per heavy atom. The predicted molar refractivity (Wildman–Crippen MR) is 48.0 cm³/mol. The summed E-state index contributed by atoms with van der Waals surface area (Å²) in [6.45, 7) is 4.54. The van der Waals surface area contributed by atoms with Crippen LogP contribution in [-0.4, -0.2) is 29.8 Å². The Morgan fingerprint density at radius 1 is 1.33 bits per heavy atom. The van der Waals surface area contributed by atoms with Crippen molar-refractivity contribution in [3.05, 3.63) is 0 Å². The molecule has 0 N–H and O–H groups in total. The molecule has 1 heterocycles. The van der Waals surface area contributed by atoms with Crippen LogP contribution in [0.5, 0.6) is 0 Å². The van der Waals surface area contributed by atoms with Crippen molar-refractivity contribution in [2.24, 2.45) is 5.92 Å². The van der Waals surface area contributed by atoms with Crippen molar-refractivity contribution in [3.63, 3.8) is 0 Å². The summed E-state index contributed by atoms with van der Waals surface area (Å²) in [6, 6.07) is 0.583. The summed E-state index contributed by atoms with van der Waals surface area (Å²) in [6.07, 6.45) is 4.59. The molecule has 12 heavy (non-hydrogen) atoms. The topological polar surface area (TPSA) is 20.3 Å². The van der Waals surface area contributed by atoms with Gasteiger partial charge in [0.05, 0.1) is 0 Å². The van der Waals surface area contributed by atoms with Gasteiger partial charge in [-0.15, -0.1) is 0 Å². The number of carbonyl (C=O) groups excluding carboxylic acids is 1. The average Bonchev–Trinajstić information content (AvgIpc) is 2.64. The molecule has 0 amide bonds. The minimum atomic E-state index is 0.308. The number of hydrogen-bond acceptors (Lipinski definition) is 2. The van der Waals surface area contributed by atoms with Crippen molar-refractivity contribution in [1.29, 1.82) is 0 Å². The van der Waals surface area contributed by atoms with E-state index >= 15 is 0 Å². The van der Waals surface area contributed by atoms with E-state index in [9.17, 15) is 4.79 Å². The molecule has 0 aromatic rings. The monoisotopic (exact) mass is 167 g/mol. The summed E-state index contributed by atoms with van der Waals surface area (Å²) in [7, 11) is 0. The second-order valence-corrected chi connectivity index (χ2v) is 4.10. The Morgan fingerprint density at radius 3 is 2.50 bits per heavy atom. The van der Waals surface area contributed by atoms with Gasteiger partial charge in [-0.05, 0) is 32.4 Å². The van der Waals surface area contributed by atoms with Crippen LogP contribution in [0.15, 0.2) is 0 Å². The standard InChI is InChI=1S/C10H17NO/c1-8-9(4-5-10(8)12)11-6-2-3-7-11/h8-9H,2-7H2,1H3. The van der Waals surface area contributed by atoms with E-state index in [-0.39, 0.29) is 0 Å². The van der Waals surface area contributed by atoms with E-state index in [2.05, 4.69) is 11.8 Å². The summed E-state index contributed by atoms with van der Waals surface area (Å²) in [5, 5.41) is 0. The van der Waals surface area contributed by atoms with Crippen LogP contribution in [0.1, 0.15) is 32.6 Å². The number of hydrogen-bond donors (Lipinski definition) is 0. The first-order valence-electron chi connectivity index (χ1n) is 5.06. The Bertz CT molecular complexity index is 184. The second kappa shape index (κ2) is 3.17. The van der Waals surface area contributed by atoms with Gasteiger partial charge >= 0.3 is 0 Å². The Kier molecular flexibility index (Phi) is 2.18. The quantitative estimate of drug-likeness (QED) is 0.589. The van der Waals surface area contributed by atoms with Crippen molar-refractivity contribution in [2.45, 2.75) is 38.6 Å². The highest BCUT2D eigenvalue weighted by Crippen LogP contribution is 2.28. The maximum atomic E-state index is 11.3. The first kappa shape index (κ1) is 8.24. The molecular formula is C10H17NO. The third-order valence-corrected chi connectivity index (χ3v) is 3.38. The molecule has 2 atom stereocenters. The minimum Gasteiger partial charge on any atom is -0.300 e. The zero-order valence-electron chi connectivity index (χ0n) is 7.75. The number of ketones is 1. The first-order valence-corrected chi connectivity index (χ1v) is 5.06. The maximum Gasteiger partial charge on any atom is 0.137 e. The van der Waals surface area contributed by atoms with Gasteiger partial charge in [-0.25, -0.2) is 0 Å². The van der Waals surface area contributed by atoms with Gasteiger partial charge in [0.2, 0.25) is 0 Å². The van der Waals surface area contributed by atoms with Gasteiger partial charge in [0.1, 0.15) is 5.78 Å². The Hall–Kier alpha value is -0.370. The zero-order valence-corrected chi connectivity index (χ0v) is 7.75. The summed E-state index contributed by atoms with van der Waals surface area (Å²) < 4.78 is 0. The highest BCUT2D eigenvalue weighted by molar-refractivity contribution is 5.83. The molecule has 2 rings (SSSR count). The van der Waals surface area contributed by atoms with Gasteiger partial charge in [-0.2, -0.15) is 0 Å². The fourth-order valence-corrected chi connectivity index (χ4v) is 2.55. The van der Waals surface area contributed by atoms with E-state index in [4.69, 9.17) is 0 Å². The Balaban J connectivity index is 1.99. The number of carbonyl (C=O) groups is 1. The van der Waals surface area contributed by atoms with Crippen LogP contribution in [0, 0.1) is 5.92 Å². The summed E-state index contributed by atoms with van der Waals surface area (Å²) in [4.78, 5) is 13.8. The van der Waals surface area contributed by atoms with E-state index in [0.29, 0.717) is 17.7 Å². The van der Waals surface area contributed by atoms with Crippen molar-refractivity contribution in [3.8, 4) is 0 Å². The van der Waals surface area contributed by atoms with Gasteiger partial charge < -0.3 is 0 Å². The average molecular weight is 167 g/mol. The normalized spacial score (nSPS) is 37.9. The molecule has 2 heteroatoms. The molecule has 0 spiro atoms. The molecule has 1 aliphatic carbocycles. The molecule has 1 saturated carbocycles. The van der Waals surface area contributed by atoms with Crippen LogP contribution in [0.4, 0.5) is 0 Å². The molecule has 2 fully saturated rings. The molecule has 68 valence electrons. The number of likely N-dealkylation sites (tertiary alicyclic amines) is 1. The molecule has 2 nitrogen and oxygen atoms in total. The van der Waals surface area contributed by atoms with E-state index in [0.717, 1.165) is 12.8 Å². The van der Waals surface area contributed by atoms with Gasteiger partial charge in [0, 0.05) is 18.4 Å². The van der Waals surface area contributed by atoms with Crippen LogP contribution in [0.2, 0.25) is 0 Å². The lowest BCUT2D eigenvalue weighted by Crippen LogP contribution is -2.35. The summed E-state index contributed by atoms with van der Waals surface area (Å²) in [5.41, 5.74) is 0. The Labute approximate surface area is 73.9 Å². The van der Waals surface area contributed by atoms with Crippen LogP contribution < -0.4 is 0 Å². The third-order valence-electron chi connectivity index (χ3n) is 3.38. The predicted octanol–water partition coefficient (Wildman–Crippen LogP) is 1.45. The van der Waals surface area contributed by atoms with Crippen LogP contribution >= 0.6 is 0 Å². The van der Waals surface area contributed by atoms with Crippen molar-refractivity contribution in [2.75, 3.05) is 13.1 Å². The first-order chi connectivity index (χ1) is 5.79. The van der Waals surface area contributed by atoms with Crippen molar-refractivity contribution in [1.82, 2.24) is 4.90 Å². The summed E-state index contributed by atoms with van der Waals surface area (Å²) in [5.74, 6) is 0.787. The van der Waals surface area contributed by atoms with Gasteiger partial charge in [-0.3, -0.25) is 9.69 Å².